The molecule has 0 aliphatic rings. The number of benzene rings is 1. The van der Waals surface area contributed by atoms with Gasteiger partial charge in [-0.3, -0.25) is 0 Å². The van der Waals surface area contributed by atoms with Gasteiger partial charge in [0.15, 0.2) is 0 Å². The fourth-order valence-corrected chi connectivity index (χ4v) is 1.46. The molecule has 1 rings (SSSR count). The van der Waals surface area contributed by atoms with Gasteiger partial charge in [-0.15, -0.1) is 0 Å². The van der Waals surface area contributed by atoms with E-state index in [-0.39, 0.29) is 0 Å². The number of rotatable bonds is 6. The summed E-state index contributed by atoms with van der Waals surface area (Å²) < 4.78 is 5.02. The smallest absolute Gasteiger partial charge is 0.326 e. The molecule has 0 saturated heterocycles. The number of carboxylic acid groups (broad SMARTS) is 1. The number of nitrogens with one attached hydrogen (secondary N) is 1. The molecule has 1 aromatic rings. The molecule has 1 aromatic carbocycles. The van der Waals surface area contributed by atoms with E-state index in [2.05, 4.69) is 5.32 Å². The lowest BCUT2D eigenvalue weighted by Crippen LogP contribution is -2.28. The molecule has 0 bridgehead atoms. The van der Waals surface area contributed by atoms with Crippen LogP contribution >= 0.6 is 0 Å². The van der Waals surface area contributed by atoms with Gasteiger partial charge in [0.05, 0.1) is 6.61 Å². The maximum Gasteiger partial charge on any atom is 0.326 e. The summed E-state index contributed by atoms with van der Waals surface area (Å²) in [5, 5.41) is 11.9. The van der Waals surface area contributed by atoms with E-state index in [0.717, 1.165) is 11.3 Å². The van der Waals surface area contributed by atoms with E-state index in [1.54, 1.807) is 7.11 Å². The third-order valence-electron chi connectivity index (χ3n) is 2.29. The van der Waals surface area contributed by atoms with Crippen LogP contribution in [0.2, 0.25) is 0 Å². The Morgan fingerprint density at radius 3 is 2.88 bits per heavy atom. The van der Waals surface area contributed by atoms with Crippen molar-refractivity contribution in [2.24, 2.45) is 0 Å². The summed E-state index contributed by atoms with van der Waals surface area (Å²) in [5.41, 5.74) is 1.83. The number of hydrogen-bond donors (Lipinski definition) is 2. The number of aliphatic carboxylic acids is 1. The van der Waals surface area contributed by atoms with Crippen LogP contribution in [0.25, 0.3) is 0 Å². The van der Waals surface area contributed by atoms with Gasteiger partial charge in [0.1, 0.15) is 6.04 Å². The van der Waals surface area contributed by atoms with E-state index < -0.39 is 12.0 Å². The predicted octanol–water partition coefficient (Wildman–Crippen LogP) is 2.11. The molecule has 0 aliphatic carbocycles. The first-order valence-corrected chi connectivity index (χ1v) is 5.24. The summed E-state index contributed by atoms with van der Waals surface area (Å²) in [7, 11) is 1.63. The van der Waals surface area contributed by atoms with Crippen LogP contribution < -0.4 is 5.32 Å². The summed E-state index contributed by atoms with van der Waals surface area (Å²) in [6.45, 7) is 2.37. The molecular formula is C12H17NO3. The predicted molar refractivity (Wildman–Crippen MR) is 62.5 cm³/mol. The van der Waals surface area contributed by atoms with Crippen molar-refractivity contribution in [1.82, 2.24) is 0 Å². The lowest BCUT2D eigenvalue weighted by molar-refractivity contribution is -0.137. The number of hydrogen-bond acceptors (Lipinski definition) is 3. The Balaban J connectivity index is 2.72. The Kier molecular flexibility index (Phi) is 4.79. The highest BCUT2D eigenvalue weighted by molar-refractivity contribution is 5.77. The lowest BCUT2D eigenvalue weighted by atomic mass is 10.1. The van der Waals surface area contributed by atoms with Gasteiger partial charge in [0.2, 0.25) is 0 Å². The summed E-state index contributed by atoms with van der Waals surface area (Å²) in [6.07, 6.45) is 0.545. The van der Waals surface area contributed by atoms with E-state index in [9.17, 15) is 4.79 Å². The quantitative estimate of drug-likeness (QED) is 0.775. The molecule has 0 amide bonds. The number of ether oxygens (including phenoxy) is 1. The van der Waals surface area contributed by atoms with Gasteiger partial charge in [0.25, 0.3) is 0 Å². The average molecular weight is 223 g/mol. The maximum absolute atomic E-state index is 10.9. The molecule has 4 nitrogen and oxygen atoms in total. The van der Waals surface area contributed by atoms with Crippen LogP contribution in [0.5, 0.6) is 0 Å². The molecule has 0 aromatic heterocycles. The summed E-state index contributed by atoms with van der Waals surface area (Å²) in [4.78, 5) is 10.9. The molecule has 1 atom stereocenters. The standard InChI is InChI=1S/C12H17NO3/c1-3-11(12(14)15)13-10-6-4-5-9(7-10)8-16-2/h4-7,11,13H,3,8H2,1-2H3,(H,14,15). The van der Waals surface area contributed by atoms with Crippen LogP contribution in [-0.4, -0.2) is 24.2 Å². The Labute approximate surface area is 95.2 Å². The summed E-state index contributed by atoms with van der Waals surface area (Å²) in [6, 6.07) is 7.03. The van der Waals surface area contributed by atoms with Crippen molar-refractivity contribution in [2.75, 3.05) is 12.4 Å². The minimum absolute atomic E-state index is 0.527. The van der Waals surface area contributed by atoms with Crippen molar-refractivity contribution >= 4 is 11.7 Å². The second-order valence-corrected chi connectivity index (χ2v) is 3.58. The molecule has 0 radical (unpaired) electrons. The Bertz CT molecular complexity index is 352. The van der Waals surface area contributed by atoms with E-state index >= 15 is 0 Å². The SMILES string of the molecule is CCC(Nc1cccc(COC)c1)C(=O)O. The molecule has 16 heavy (non-hydrogen) atoms. The molecule has 0 saturated carbocycles. The first-order valence-electron chi connectivity index (χ1n) is 5.24. The van der Waals surface area contributed by atoms with Gasteiger partial charge in [-0.2, -0.15) is 0 Å². The van der Waals surface area contributed by atoms with Gasteiger partial charge in [-0.25, -0.2) is 4.79 Å². The number of anilines is 1. The maximum atomic E-state index is 10.9. The molecule has 4 heteroatoms. The van der Waals surface area contributed by atoms with Crippen LogP contribution in [0, 0.1) is 0 Å². The molecule has 2 N–H and O–H groups in total. The van der Waals surface area contributed by atoms with Crippen LogP contribution in [0.3, 0.4) is 0 Å². The van der Waals surface area contributed by atoms with E-state index in [1.165, 1.54) is 0 Å². The summed E-state index contributed by atoms with van der Waals surface area (Å²) in [5.74, 6) is -0.834. The van der Waals surface area contributed by atoms with Crippen molar-refractivity contribution < 1.29 is 14.6 Å². The highest BCUT2D eigenvalue weighted by Crippen LogP contribution is 2.13. The molecule has 1 unspecified atom stereocenters. The first kappa shape index (κ1) is 12.5. The molecule has 0 spiro atoms. The van der Waals surface area contributed by atoms with Crippen LogP contribution in [0.4, 0.5) is 5.69 Å². The van der Waals surface area contributed by atoms with Crippen LogP contribution in [-0.2, 0) is 16.1 Å². The molecule has 0 aliphatic heterocycles. The normalized spacial score (nSPS) is 12.1. The van der Waals surface area contributed by atoms with Crippen LogP contribution in [0.1, 0.15) is 18.9 Å². The van der Waals surface area contributed by atoms with Gasteiger partial charge >= 0.3 is 5.97 Å². The lowest BCUT2D eigenvalue weighted by Gasteiger charge is -2.14. The topological polar surface area (TPSA) is 58.6 Å². The fourth-order valence-electron chi connectivity index (χ4n) is 1.46. The van der Waals surface area contributed by atoms with Crippen molar-refractivity contribution in [2.45, 2.75) is 26.0 Å². The Morgan fingerprint density at radius 2 is 2.31 bits per heavy atom. The third kappa shape index (κ3) is 3.55. The zero-order chi connectivity index (χ0) is 12.0. The van der Waals surface area contributed by atoms with Crippen molar-refractivity contribution in [3.05, 3.63) is 29.8 Å². The minimum atomic E-state index is -0.834. The van der Waals surface area contributed by atoms with Crippen molar-refractivity contribution in [3.63, 3.8) is 0 Å². The molecule has 0 heterocycles. The second kappa shape index (κ2) is 6.12. The fraction of sp³-hybridized carbons (Fsp3) is 0.417. The Hall–Kier alpha value is -1.55. The molecule has 88 valence electrons. The zero-order valence-corrected chi connectivity index (χ0v) is 9.56. The zero-order valence-electron chi connectivity index (χ0n) is 9.56. The van der Waals surface area contributed by atoms with Crippen LogP contribution in [0.15, 0.2) is 24.3 Å². The van der Waals surface area contributed by atoms with E-state index in [1.807, 2.05) is 31.2 Å². The van der Waals surface area contributed by atoms with E-state index in [4.69, 9.17) is 9.84 Å². The van der Waals surface area contributed by atoms with Gasteiger partial charge in [0, 0.05) is 12.8 Å². The first-order chi connectivity index (χ1) is 7.67. The second-order valence-electron chi connectivity index (χ2n) is 3.58. The van der Waals surface area contributed by atoms with Crippen molar-refractivity contribution in [3.8, 4) is 0 Å². The van der Waals surface area contributed by atoms with E-state index in [0.29, 0.717) is 13.0 Å². The number of carboxylic acids is 1. The van der Waals surface area contributed by atoms with Crippen molar-refractivity contribution in [1.29, 1.82) is 0 Å². The number of carbonyl (C=O) groups is 1. The monoisotopic (exact) mass is 223 g/mol. The van der Waals surface area contributed by atoms with Gasteiger partial charge in [-0.1, -0.05) is 19.1 Å². The molecular weight excluding hydrogens is 206 g/mol. The third-order valence-corrected chi connectivity index (χ3v) is 2.29. The number of methoxy groups -OCH3 is 1. The average Bonchev–Trinajstić information content (AvgIpc) is 2.26. The van der Waals surface area contributed by atoms with Gasteiger partial charge < -0.3 is 15.2 Å². The summed E-state index contributed by atoms with van der Waals surface area (Å²) >= 11 is 0. The molecule has 0 fully saturated rings. The van der Waals surface area contributed by atoms with Gasteiger partial charge in [-0.05, 0) is 24.1 Å². The highest BCUT2D eigenvalue weighted by Gasteiger charge is 2.13. The Morgan fingerprint density at radius 1 is 1.56 bits per heavy atom. The highest BCUT2D eigenvalue weighted by atomic mass is 16.5. The largest absolute Gasteiger partial charge is 0.480 e. The minimum Gasteiger partial charge on any atom is -0.480 e.